The summed E-state index contributed by atoms with van der Waals surface area (Å²) < 4.78 is 22.7. The SMILES string of the molecule is CCCCN(C)OS(=O)O. The standard InChI is InChI=1S/C5H13NO3S/c1-3-4-5-6(2)9-10(7)8/h3-5H2,1-2H3,(H,7,8). The normalized spacial score (nSPS) is 14.0. The average Bonchev–Trinajstić information content (AvgIpc) is 1.82. The molecule has 0 radical (unpaired) electrons. The molecule has 0 saturated heterocycles. The molecule has 62 valence electrons. The summed E-state index contributed by atoms with van der Waals surface area (Å²) in [6.45, 7) is 2.73. The first-order valence-electron chi connectivity index (χ1n) is 3.17. The molecule has 0 rings (SSSR count). The van der Waals surface area contributed by atoms with E-state index in [1.165, 1.54) is 5.06 Å². The van der Waals surface area contributed by atoms with Crippen molar-refractivity contribution < 1.29 is 13.0 Å². The number of nitrogens with zero attached hydrogens (tertiary/aromatic N) is 1. The number of hydrogen-bond acceptors (Lipinski definition) is 3. The van der Waals surface area contributed by atoms with Gasteiger partial charge in [0, 0.05) is 13.6 Å². The van der Waals surface area contributed by atoms with E-state index in [0.29, 0.717) is 6.54 Å². The molecule has 0 spiro atoms. The Balaban J connectivity index is 3.25. The molecule has 5 heteroatoms. The lowest BCUT2D eigenvalue weighted by atomic mass is 10.3. The molecule has 4 nitrogen and oxygen atoms in total. The minimum atomic E-state index is -2.17. The molecule has 1 N–H and O–H groups in total. The zero-order valence-electron chi connectivity index (χ0n) is 6.24. The molecule has 1 unspecified atom stereocenters. The second-order valence-corrected chi connectivity index (χ2v) is 2.58. The van der Waals surface area contributed by atoms with Crippen molar-refractivity contribution in [2.45, 2.75) is 19.8 Å². The lowest BCUT2D eigenvalue weighted by Crippen LogP contribution is -2.20. The molecule has 10 heavy (non-hydrogen) atoms. The van der Waals surface area contributed by atoms with Gasteiger partial charge in [0.1, 0.15) is 0 Å². The highest BCUT2D eigenvalue weighted by atomic mass is 32.2. The summed E-state index contributed by atoms with van der Waals surface area (Å²) in [5.41, 5.74) is 0. The van der Waals surface area contributed by atoms with Gasteiger partial charge in [-0.2, -0.15) is 13.6 Å². The lowest BCUT2D eigenvalue weighted by Gasteiger charge is -2.11. The van der Waals surface area contributed by atoms with Gasteiger partial charge in [0.2, 0.25) is 0 Å². The van der Waals surface area contributed by atoms with E-state index in [1.807, 2.05) is 6.92 Å². The van der Waals surface area contributed by atoms with Gasteiger partial charge < -0.3 is 0 Å². The smallest absolute Gasteiger partial charge is 0.283 e. The Bertz CT molecular complexity index is 109. The summed E-state index contributed by atoms with van der Waals surface area (Å²) >= 11 is -2.17. The molecule has 0 heterocycles. The van der Waals surface area contributed by atoms with Crippen LogP contribution < -0.4 is 0 Å². The van der Waals surface area contributed by atoms with Crippen LogP contribution in [-0.2, 0) is 15.6 Å². The summed E-state index contributed by atoms with van der Waals surface area (Å²) in [5.74, 6) is 0. The molecule has 0 aromatic heterocycles. The van der Waals surface area contributed by atoms with Gasteiger partial charge in [-0.15, -0.1) is 0 Å². The van der Waals surface area contributed by atoms with Crippen LogP contribution >= 0.6 is 0 Å². The van der Waals surface area contributed by atoms with Crippen LogP contribution in [0.15, 0.2) is 0 Å². The van der Waals surface area contributed by atoms with E-state index < -0.39 is 11.4 Å². The van der Waals surface area contributed by atoms with E-state index in [9.17, 15) is 4.21 Å². The van der Waals surface area contributed by atoms with Crippen LogP contribution in [0, 0.1) is 0 Å². The molecule has 0 saturated carbocycles. The third kappa shape index (κ3) is 6.15. The molecule has 0 bridgehead atoms. The molecule has 1 atom stereocenters. The first kappa shape index (κ1) is 10.0. The van der Waals surface area contributed by atoms with Gasteiger partial charge in [-0.1, -0.05) is 13.3 Å². The first-order chi connectivity index (χ1) is 4.66. The van der Waals surface area contributed by atoms with E-state index >= 15 is 0 Å². The van der Waals surface area contributed by atoms with Gasteiger partial charge in [0.25, 0.3) is 0 Å². The molecule has 0 fully saturated rings. The lowest BCUT2D eigenvalue weighted by molar-refractivity contribution is -0.0263. The van der Waals surface area contributed by atoms with Crippen LogP contribution in [0.1, 0.15) is 19.8 Å². The first-order valence-corrected chi connectivity index (χ1v) is 4.20. The maximum absolute atomic E-state index is 10.0. The van der Waals surface area contributed by atoms with Crippen molar-refractivity contribution in [2.75, 3.05) is 13.6 Å². The molecule has 0 aromatic carbocycles. The minimum Gasteiger partial charge on any atom is -0.283 e. The van der Waals surface area contributed by atoms with Crippen LogP contribution in [0.25, 0.3) is 0 Å². The van der Waals surface area contributed by atoms with Crippen LogP contribution in [0.4, 0.5) is 0 Å². The van der Waals surface area contributed by atoms with E-state index in [2.05, 4.69) is 4.28 Å². The summed E-state index contributed by atoms with van der Waals surface area (Å²) in [4.78, 5) is 0. The Hall–Kier alpha value is 0.0300. The third-order valence-corrected chi connectivity index (χ3v) is 1.40. The highest BCUT2D eigenvalue weighted by Gasteiger charge is 2.00. The van der Waals surface area contributed by atoms with Gasteiger partial charge in [-0.3, -0.25) is 4.55 Å². The van der Waals surface area contributed by atoms with E-state index in [-0.39, 0.29) is 0 Å². The third-order valence-electron chi connectivity index (χ3n) is 1.02. The van der Waals surface area contributed by atoms with E-state index in [0.717, 1.165) is 12.8 Å². The molecule has 0 aliphatic heterocycles. The minimum absolute atomic E-state index is 0.683. The number of rotatable bonds is 5. The van der Waals surface area contributed by atoms with Crippen molar-refractivity contribution in [3.05, 3.63) is 0 Å². The Labute approximate surface area is 63.6 Å². The van der Waals surface area contributed by atoms with Crippen LogP contribution in [0.2, 0.25) is 0 Å². The molecule has 0 aromatic rings. The Morgan fingerprint density at radius 3 is 2.70 bits per heavy atom. The number of hydrogen-bond donors (Lipinski definition) is 1. The fourth-order valence-electron chi connectivity index (χ4n) is 0.527. The van der Waals surface area contributed by atoms with Gasteiger partial charge in [-0.25, -0.2) is 0 Å². The molecule has 0 aliphatic carbocycles. The van der Waals surface area contributed by atoms with Crippen molar-refractivity contribution in [1.82, 2.24) is 5.06 Å². The zero-order valence-corrected chi connectivity index (χ0v) is 7.06. The average molecular weight is 167 g/mol. The second-order valence-electron chi connectivity index (χ2n) is 2.00. The summed E-state index contributed by atoms with van der Waals surface area (Å²) in [5, 5.41) is 1.36. The Morgan fingerprint density at radius 1 is 1.70 bits per heavy atom. The maximum Gasteiger partial charge on any atom is 0.319 e. The van der Waals surface area contributed by atoms with Crippen molar-refractivity contribution in [1.29, 1.82) is 0 Å². The Morgan fingerprint density at radius 2 is 2.30 bits per heavy atom. The highest BCUT2D eigenvalue weighted by molar-refractivity contribution is 7.74. The predicted octanol–water partition coefficient (Wildman–Crippen LogP) is 0.787. The number of hydroxylamine groups is 2. The van der Waals surface area contributed by atoms with Gasteiger partial charge >= 0.3 is 11.4 Å². The molecule has 0 aliphatic rings. The van der Waals surface area contributed by atoms with Crippen molar-refractivity contribution >= 4 is 11.4 Å². The number of unbranched alkanes of at least 4 members (excludes halogenated alkanes) is 1. The molecular weight excluding hydrogens is 154 g/mol. The second kappa shape index (κ2) is 5.79. The summed E-state index contributed by atoms with van der Waals surface area (Å²) in [6.07, 6.45) is 2.01. The zero-order chi connectivity index (χ0) is 7.98. The highest BCUT2D eigenvalue weighted by Crippen LogP contribution is 1.93. The Kier molecular flexibility index (Phi) is 5.81. The van der Waals surface area contributed by atoms with Crippen molar-refractivity contribution in [3.8, 4) is 0 Å². The topological polar surface area (TPSA) is 49.8 Å². The molecule has 0 amide bonds. The van der Waals surface area contributed by atoms with Gasteiger partial charge in [0.05, 0.1) is 0 Å². The van der Waals surface area contributed by atoms with Crippen LogP contribution in [0.3, 0.4) is 0 Å². The fourth-order valence-corrected chi connectivity index (χ4v) is 0.819. The summed E-state index contributed by atoms with van der Waals surface area (Å²) in [6, 6.07) is 0. The quantitative estimate of drug-likeness (QED) is 0.485. The summed E-state index contributed by atoms with van der Waals surface area (Å²) in [7, 11) is 1.63. The predicted molar refractivity (Wildman–Crippen MR) is 39.4 cm³/mol. The van der Waals surface area contributed by atoms with Crippen LogP contribution in [-0.4, -0.2) is 27.4 Å². The van der Waals surface area contributed by atoms with Crippen LogP contribution in [0.5, 0.6) is 0 Å². The fraction of sp³-hybridized carbons (Fsp3) is 1.00. The van der Waals surface area contributed by atoms with Gasteiger partial charge in [0.15, 0.2) is 0 Å². The maximum atomic E-state index is 10.0. The largest absolute Gasteiger partial charge is 0.319 e. The van der Waals surface area contributed by atoms with E-state index in [1.54, 1.807) is 7.05 Å². The van der Waals surface area contributed by atoms with Crippen molar-refractivity contribution in [3.63, 3.8) is 0 Å². The molecular formula is C5H13NO3S. The van der Waals surface area contributed by atoms with E-state index in [4.69, 9.17) is 4.55 Å². The van der Waals surface area contributed by atoms with Gasteiger partial charge in [-0.05, 0) is 6.42 Å². The monoisotopic (exact) mass is 167 g/mol. The van der Waals surface area contributed by atoms with Crippen molar-refractivity contribution in [2.24, 2.45) is 0 Å².